The van der Waals surface area contributed by atoms with E-state index in [0.717, 1.165) is 27.8 Å². The Bertz CT molecular complexity index is 1260. The number of rotatable bonds is 8. The largest absolute Gasteiger partial charge is 0.486 e. The summed E-state index contributed by atoms with van der Waals surface area (Å²) in [6.45, 7) is 3.92. The van der Waals surface area contributed by atoms with Crippen molar-refractivity contribution >= 4 is 28.3 Å². The number of ether oxygens (including phenoxy) is 1. The van der Waals surface area contributed by atoms with Crippen molar-refractivity contribution in [3.05, 3.63) is 95.9 Å². The van der Waals surface area contributed by atoms with Crippen molar-refractivity contribution in [1.29, 1.82) is 0 Å². The van der Waals surface area contributed by atoms with Crippen LogP contribution in [-0.4, -0.2) is 11.8 Å². The van der Waals surface area contributed by atoms with Crippen LogP contribution in [0.5, 0.6) is 5.75 Å². The van der Waals surface area contributed by atoms with Crippen LogP contribution in [0.15, 0.2) is 83.3 Å². The number of hydrogen-bond acceptors (Lipinski definition) is 4. The Balaban J connectivity index is 1.32. The van der Waals surface area contributed by atoms with Crippen molar-refractivity contribution in [3.63, 3.8) is 0 Å². The zero-order valence-corrected chi connectivity index (χ0v) is 18.6. The molecule has 4 rings (SSSR count). The molecule has 3 aromatic carbocycles. The molecule has 1 unspecified atom stereocenters. The van der Waals surface area contributed by atoms with Gasteiger partial charge in [-0.15, -0.1) is 0 Å². The SMILES string of the molecule is CCC(=O)Nc1ccc(C(C)NC(=O)c2ccc(COc3ccc4ccccc4c3)o2)cc1. The Morgan fingerprint density at radius 3 is 2.45 bits per heavy atom. The number of amides is 2. The van der Waals surface area contributed by atoms with E-state index in [-0.39, 0.29) is 30.2 Å². The summed E-state index contributed by atoms with van der Waals surface area (Å²) in [7, 11) is 0. The fourth-order valence-corrected chi connectivity index (χ4v) is 3.44. The van der Waals surface area contributed by atoms with Crippen LogP contribution in [0.25, 0.3) is 10.8 Å². The first-order chi connectivity index (χ1) is 16.0. The summed E-state index contributed by atoms with van der Waals surface area (Å²) in [6, 6.07) is 24.5. The molecule has 33 heavy (non-hydrogen) atoms. The highest BCUT2D eigenvalue weighted by Gasteiger charge is 2.15. The van der Waals surface area contributed by atoms with Crippen molar-refractivity contribution in [3.8, 4) is 5.75 Å². The zero-order valence-electron chi connectivity index (χ0n) is 18.6. The fraction of sp³-hybridized carbons (Fsp3) is 0.185. The Morgan fingerprint density at radius 1 is 0.939 bits per heavy atom. The molecule has 168 valence electrons. The standard InChI is InChI=1S/C27H26N2O4/c1-3-26(30)29-22-11-8-19(9-12-22)18(2)28-27(31)25-15-14-24(33-25)17-32-23-13-10-20-6-4-5-7-21(20)16-23/h4-16,18H,3,17H2,1-2H3,(H,28,31)(H,29,30). The van der Waals surface area contributed by atoms with Crippen LogP contribution in [0.4, 0.5) is 5.69 Å². The van der Waals surface area contributed by atoms with Gasteiger partial charge in [0.2, 0.25) is 5.91 Å². The maximum atomic E-state index is 12.6. The van der Waals surface area contributed by atoms with Gasteiger partial charge in [-0.3, -0.25) is 9.59 Å². The molecule has 4 aromatic rings. The number of hydrogen-bond donors (Lipinski definition) is 2. The Morgan fingerprint density at radius 2 is 1.70 bits per heavy atom. The molecule has 0 aliphatic heterocycles. The third-order valence-electron chi connectivity index (χ3n) is 5.35. The van der Waals surface area contributed by atoms with E-state index in [0.29, 0.717) is 12.2 Å². The molecule has 0 spiro atoms. The molecule has 0 bridgehead atoms. The van der Waals surface area contributed by atoms with Gasteiger partial charge in [0, 0.05) is 12.1 Å². The molecule has 6 heteroatoms. The van der Waals surface area contributed by atoms with Crippen LogP contribution >= 0.6 is 0 Å². The zero-order chi connectivity index (χ0) is 23.2. The molecule has 0 aliphatic rings. The Labute approximate surface area is 192 Å². The molecular formula is C27H26N2O4. The summed E-state index contributed by atoms with van der Waals surface area (Å²) in [6.07, 6.45) is 0.423. The van der Waals surface area contributed by atoms with Gasteiger partial charge in [0.25, 0.3) is 5.91 Å². The minimum atomic E-state index is -0.303. The average molecular weight is 443 g/mol. The van der Waals surface area contributed by atoms with Crippen LogP contribution in [0.3, 0.4) is 0 Å². The molecule has 6 nitrogen and oxygen atoms in total. The number of benzene rings is 3. The maximum Gasteiger partial charge on any atom is 0.287 e. The number of carbonyl (C=O) groups excluding carboxylic acids is 2. The van der Waals surface area contributed by atoms with Crippen molar-refractivity contribution in [2.45, 2.75) is 32.9 Å². The molecule has 0 aliphatic carbocycles. The minimum Gasteiger partial charge on any atom is -0.486 e. The van der Waals surface area contributed by atoms with Crippen LogP contribution in [0, 0.1) is 0 Å². The smallest absolute Gasteiger partial charge is 0.287 e. The highest BCUT2D eigenvalue weighted by atomic mass is 16.5. The van der Waals surface area contributed by atoms with Gasteiger partial charge in [0.05, 0.1) is 6.04 Å². The predicted octanol–water partition coefficient (Wildman–Crippen LogP) is 5.85. The molecule has 2 N–H and O–H groups in total. The summed E-state index contributed by atoms with van der Waals surface area (Å²) in [4.78, 5) is 24.1. The van der Waals surface area contributed by atoms with Crippen LogP contribution in [0.2, 0.25) is 0 Å². The van der Waals surface area contributed by atoms with Crippen LogP contribution in [-0.2, 0) is 11.4 Å². The molecular weight excluding hydrogens is 416 g/mol. The Kier molecular flexibility index (Phi) is 6.74. The third-order valence-corrected chi connectivity index (χ3v) is 5.35. The van der Waals surface area contributed by atoms with Crippen LogP contribution in [0.1, 0.15) is 48.2 Å². The summed E-state index contributed by atoms with van der Waals surface area (Å²) < 4.78 is 11.5. The molecule has 2 amide bonds. The summed E-state index contributed by atoms with van der Waals surface area (Å²) >= 11 is 0. The summed E-state index contributed by atoms with van der Waals surface area (Å²) in [5, 5.41) is 7.99. The molecule has 0 radical (unpaired) electrons. The van der Waals surface area contributed by atoms with Gasteiger partial charge in [0.1, 0.15) is 18.1 Å². The second kappa shape index (κ2) is 10.0. The first-order valence-corrected chi connectivity index (χ1v) is 10.9. The van der Waals surface area contributed by atoms with Crippen molar-refractivity contribution in [2.24, 2.45) is 0 Å². The predicted molar refractivity (Wildman–Crippen MR) is 128 cm³/mol. The van der Waals surface area contributed by atoms with E-state index >= 15 is 0 Å². The highest BCUT2D eigenvalue weighted by Crippen LogP contribution is 2.22. The second-order valence-corrected chi connectivity index (χ2v) is 7.78. The van der Waals surface area contributed by atoms with Crippen molar-refractivity contribution in [1.82, 2.24) is 5.32 Å². The van der Waals surface area contributed by atoms with E-state index in [1.165, 1.54) is 0 Å². The van der Waals surface area contributed by atoms with Crippen molar-refractivity contribution in [2.75, 3.05) is 5.32 Å². The van der Waals surface area contributed by atoms with Crippen molar-refractivity contribution < 1.29 is 18.7 Å². The summed E-state index contributed by atoms with van der Waals surface area (Å²) in [5.41, 5.74) is 1.65. The molecule has 0 saturated carbocycles. The van der Waals surface area contributed by atoms with E-state index in [2.05, 4.69) is 16.7 Å². The normalized spacial score (nSPS) is 11.7. The molecule has 1 aromatic heterocycles. The summed E-state index contributed by atoms with van der Waals surface area (Å²) in [5.74, 6) is 1.19. The molecule has 0 fully saturated rings. The monoisotopic (exact) mass is 442 g/mol. The lowest BCUT2D eigenvalue weighted by Crippen LogP contribution is -2.26. The molecule has 1 atom stereocenters. The van der Waals surface area contributed by atoms with Gasteiger partial charge in [-0.1, -0.05) is 49.4 Å². The first kappa shape index (κ1) is 22.1. The maximum absolute atomic E-state index is 12.6. The van der Waals surface area contributed by atoms with Gasteiger partial charge in [-0.2, -0.15) is 0 Å². The quantitative estimate of drug-likeness (QED) is 0.359. The van der Waals surface area contributed by atoms with Crippen LogP contribution < -0.4 is 15.4 Å². The molecule has 1 heterocycles. The van der Waals surface area contributed by atoms with E-state index in [4.69, 9.17) is 9.15 Å². The molecule has 0 saturated heterocycles. The average Bonchev–Trinajstić information content (AvgIpc) is 3.32. The van der Waals surface area contributed by atoms with Gasteiger partial charge in [0.15, 0.2) is 5.76 Å². The fourth-order valence-electron chi connectivity index (χ4n) is 3.44. The minimum absolute atomic E-state index is 0.0395. The second-order valence-electron chi connectivity index (χ2n) is 7.78. The first-order valence-electron chi connectivity index (χ1n) is 10.9. The number of nitrogens with one attached hydrogen (secondary N) is 2. The number of fused-ring (bicyclic) bond motifs is 1. The lowest BCUT2D eigenvalue weighted by molar-refractivity contribution is -0.115. The number of furan rings is 1. The van der Waals surface area contributed by atoms with Gasteiger partial charge < -0.3 is 19.8 Å². The topological polar surface area (TPSA) is 80.6 Å². The lowest BCUT2D eigenvalue weighted by atomic mass is 10.1. The van der Waals surface area contributed by atoms with Gasteiger partial charge >= 0.3 is 0 Å². The highest BCUT2D eigenvalue weighted by molar-refractivity contribution is 5.92. The Hall–Kier alpha value is -4.06. The number of carbonyl (C=O) groups is 2. The van der Waals surface area contributed by atoms with E-state index in [1.54, 1.807) is 19.1 Å². The number of anilines is 1. The van der Waals surface area contributed by atoms with Gasteiger partial charge in [-0.25, -0.2) is 0 Å². The van der Waals surface area contributed by atoms with E-state index in [9.17, 15) is 9.59 Å². The lowest BCUT2D eigenvalue weighted by Gasteiger charge is -2.14. The third kappa shape index (κ3) is 5.60. The van der Waals surface area contributed by atoms with Gasteiger partial charge in [-0.05, 0) is 59.7 Å². The van der Waals surface area contributed by atoms with E-state index in [1.807, 2.05) is 67.6 Å². The van der Waals surface area contributed by atoms with E-state index < -0.39 is 0 Å².